The van der Waals surface area contributed by atoms with Gasteiger partial charge >= 0.3 is 17.9 Å². The van der Waals surface area contributed by atoms with Crippen LogP contribution in [-0.4, -0.2) is 126 Å². The van der Waals surface area contributed by atoms with Gasteiger partial charge in [-0.15, -0.1) is 0 Å². The molecule has 0 radical (unpaired) electrons. The van der Waals surface area contributed by atoms with E-state index in [1.54, 1.807) is 21.7 Å². The van der Waals surface area contributed by atoms with Crippen molar-refractivity contribution in [2.24, 2.45) is 4.99 Å². The molecule has 0 bridgehead atoms. The van der Waals surface area contributed by atoms with Gasteiger partial charge in [0.05, 0.1) is 19.6 Å². The smallest absolute Gasteiger partial charge is 0.317 e. The number of carbonyl (C=O) groups is 3. The maximum atomic E-state index is 11.1. The molecule has 0 aromatic carbocycles. The minimum Gasteiger partial charge on any atom is -0.480 e. The Bertz CT molecular complexity index is 533. The number of aliphatic imine (C=N–C) groups is 1. The quantitative estimate of drug-likeness (QED) is 0.358. The van der Waals surface area contributed by atoms with Crippen LogP contribution in [0.1, 0.15) is 0 Å². The number of carboxylic acid groups (broad SMARTS) is 3. The molecule has 27 heavy (non-hydrogen) atoms. The molecule has 0 atom stereocenters. The van der Waals surface area contributed by atoms with Gasteiger partial charge in [0.25, 0.3) is 0 Å². The minimum absolute atomic E-state index is 0. The average molecular weight is 556 g/mol. The third kappa shape index (κ3) is 11.7. The zero-order valence-electron chi connectivity index (χ0n) is 15.3. The zero-order valence-corrected chi connectivity index (χ0v) is 18.2. The first-order chi connectivity index (χ1) is 12.3. The van der Waals surface area contributed by atoms with Crippen LogP contribution in [-0.2, 0) is 35.4 Å². The Labute approximate surface area is 172 Å². The van der Waals surface area contributed by atoms with Crippen molar-refractivity contribution in [3.05, 3.63) is 5.32 Å². The van der Waals surface area contributed by atoms with E-state index in [2.05, 4.69) is 10.3 Å². The van der Waals surface area contributed by atoms with E-state index >= 15 is 0 Å². The number of aliphatic carboxylic acids is 3. The van der Waals surface area contributed by atoms with Crippen molar-refractivity contribution in [2.45, 2.75) is 0 Å². The zero-order chi connectivity index (χ0) is 19.5. The topological polar surface area (TPSA) is 148 Å². The molecule has 0 unspecified atom stereocenters. The molecule has 0 fully saturated rings. The SMILES string of the molecule is C[N-]C1=NCCN(CC(=O)O)CCN(CC(=O)O)CCN(CC(=O)O)C1.[W]. The van der Waals surface area contributed by atoms with Crippen molar-refractivity contribution in [3.63, 3.8) is 0 Å². The number of rotatable bonds is 6. The summed E-state index contributed by atoms with van der Waals surface area (Å²) in [6.07, 6.45) is 0. The normalized spacial score (nSPS) is 18.3. The predicted octanol–water partition coefficient (Wildman–Crippen LogP) is -1.44. The maximum absolute atomic E-state index is 11.1. The maximum Gasteiger partial charge on any atom is 0.317 e. The Balaban J connectivity index is 0.00000676. The molecule has 0 saturated carbocycles. The van der Waals surface area contributed by atoms with Gasteiger partial charge in [0.2, 0.25) is 0 Å². The van der Waals surface area contributed by atoms with Crippen molar-refractivity contribution >= 4 is 23.7 Å². The number of hydrogen-bond acceptors (Lipinski definition) is 7. The van der Waals surface area contributed by atoms with E-state index in [9.17, 15) is 14.4 Å². The number of carboxylic acids is 3. The van der Waals surface area contributed by atoms with E-state index in [1.807, 2.05) is 0 Å². The summed E-state index contributed by atoms with van der Waals surface area (Å²) in [6.45, 7) is 1.86. The first kappa shape index (κ1) is 25.4. The fourth-order valence-corrected chi connectivity index (χ4v) is 2.61. The number of hydrogen-bond donors (Lipinski definition) is 3. The monoisotopic (exact) mass is 556 g/mol. The Kier molecular flexibility index (Phi) is 12.8. The molecular formula is C15H26N5O6W-. The van der Waals surface area contributed by atoms with E-state index < -0.39 is 17.9 Å². The first-order valence-electron chi connectivity index (χ1n) is 8.25. The van der Waals surface area contributed by atoms with Gasteiger partial charge in [0.1, 0.15) is 0 Å². The molecule has 0 spiro atoms. The third-order valence-electron chi connectivity index (χ3n) is 3.88. The molecule has 1 rings (SSSR count). The van der Waals surface area contributed by atoms with Crippen LogP contribution in [0, 0.1) is 0 Å². The van der Waals surface area contributed by atoms with Crippen LogP contribution in [0.3, 0.4) is 0 Å². The van der Waals surface area contributed by atoms with E-state index in [0.29, 0.717) is 45.1 Å². The second kappa shape index (κ2) is 13.6. The fourth-order valence-electron chi connectivity index (χ4n) is 2.61. The molecule has 12 heteroatoms. The van der Waals surface area contributed by atoms with Gasteiger partial charge in [0.15, 0.2) is 0 Å². The molecule has 0 aliphatic carbocycles. The van der Waals surface area contributed by atoms with E-state index in [-0.39, 0.29) is 47.2 Å². The van der Waals surface area contributed by atoms with Gasteiger partial charge in [-0.05, 0) is 13.1 Å². The molecule has 1 aliphatic heterocycles. The van der Waals surface area contributed by atoms with Gasteiger partial charge in [-0.3, -0.25) is 29.1 Å². The second-order valence-corrected chi connectivity index (χ2v) is 5.97. The predicted molar refractivity (Wildman–Crippen MR) is 93.8 cm³/mol. The number of likely N-dealkylation sites (N-methyl/N-ethyl adjacent to an activating group) is 1. The summed E-state index contributed by atoms with van der Waals surface area (Å²) in [5.41, 5.74) is 0. The van der Waals surface area contributed by atoms with Crippen molar-refractivity contribution in [1.29, 1.82) is 0 Å². The van der Waals surface area contributed by atoms with Gasteiger partial charge < -0.3 is 25.6 Å². The number of amidine groups is 1. The van der Waals surface area contributed by atoms with Gasteiger partial charge in [-0.25, -0.2) is 0 Å². The Morgan fingerprint density at radius 3 is 1.70 bits per heavy atom. The van der Waals surface area contributed by atoms with E-state index in [4.69, 9.17) is 15.3 Å². The molecule has 1 heterocycles. The van der Waals surface area contributed by atoms with Crippen molar-refractivity contribution in [1.82, 2.24) is 14.7 Å². The number of nitrogens with zero attached hydrogens (tertiary/aromatic N) is 5. The molecular weight excluding hydrogens is 530 g/mol. The molecule has 0 amide bonds. The van der Waals surface area contributed by atoms with E-state index in [0.717, 1.165) is 0 Å². The Morgan fingerprint density at radius 2 is 1.26 bits per heavy atom. The summed E-state index contributed by atoms with van der Waals surface area (Å²) >= 11 is 0. The van der Waals surface area contributed by atoms with Crippen molar-refractivity contribution < 1.29 is 50.8 Å². The van der Waals surface area contributed by atoms with Crippen molar-refractivity contribution in [3.8, 4) is 0 Å². The molecule has 154 valence electrons. The first-order valence-corrected chi connectivity index (χ1v) is 8.25. The molecule has 0 aromatic heterocycles. The summed E-state index contributed by atoms with van der Waals surface area (Å²) in [5.74, 6) is -2.45. The fraction of sp³-hybridized carbons (Fsp3) is 0.733. The second-order valence-electron chi connectivity index (χ2n) is 5.97. The molecule has 1 aliphatic rings. The van der Waals surface area contributed by atoms with Gasteiger partial charge in [-0.2, -0.15) is 0 Å². The molecule has 11 nitrogen and oxygen atoms in total. The van der Waals surface area contributed by atoms with Crippen LogP contribution in [0.4, 0.5) is 0 Å². The summed E-state index contributed by atoms with van der Waals surface area (Å²) in [6, 6.07) is 0. The van der Waals surface area contributed by atoms with Crippen LogP contribution in [0.5, 0.6) is 0 Å². The molecule has 0 aromatic rings. The third-order valence-corrected chi connectivity index (χ3v) is 3.88. The van der Waals surface area contributed by atoms with Crippen LogP contribution < -0.4 is 0 Å². The van der Waals surface area contributed by atoms with Crippen LogP contribution in [0.2, 0.25) is 0 Å². The average Bonchev–Trinajstić information content (AvgIpc) is 2.52. The largest absolute Gasteiger partial charge is 0.480 e. The Hall–Kier alpha value is -1.55. The summed E-state index contributed by atoms with van der Waals surface area (Å²) < 4.78 is 0. The summed E-state index contributed by atoms with van der Waals surface area (Å²) in [7, 11) is 1.56. The summed E-state index contributed by atoms with van der Waals surface area (Å²) in [4.78, 5) is 42.5. The van der Waals surface area contributed by atoms with Crippen LogP contribution in [0.25, 0.3) is 5.32 Å². The van der Waals surface area contributed by atoms with Gasteiger partial charge in [-0.1, -0.05) is 12.9 Å². The molecule has 3 N–H and O–H groups in total. The van der Waals surface area contributed by atoms with E-state index in [1.165, 1.54) is 0 Å². The molecule has 0 saturated heterocycles. The van der Waals surface area contributed by atoms with Crippen LogP contribution in [0.15, 0.2) is 4.99 Å². The van der Waals surface area contributed by atoms with Crippen molar-refractivity contribution in [2.75, 3.05) is 72.5 Å². The minimum atomic E-state index is -0.988. The van der Waals surface area contributed by atoms with Gasteiger partial charge in [0, 0.05) is 53.8 Å². The summed E-state index contributed by atoms with van der Waals surface area (Å²) in [5, 5.41) is 31.2. The van der Waals surface area contributed by atoms with Crippen LogP contribution >= 0.6 is 0 Å². The Morgan fingerprint density at radius 1 is 0.852 bits per heavy atom. The standard InChI is InChI=1S/C15H27N5O6.W/c1-16-12-8-20(11-15(25)26)7-6-19(10-14(23)24)5-4-18(3-2-17-12)9-13(21)22;/h2-11H2,1H3,(H4,16,17,21,22,23,24,25,26);/p-1.